The standard InChI is InChI=1S/C16H22N6O2.HI/c1-18-16(20-10-13-6-7-21-22(13)2)19-9-12-4-3-5-14(8-12)24-11-15(17)23;/h3-8H,9-11H2,1-2H3,(H2,17,23)(H2,18,19,20);1H. The monoisotopic (exact) mass is 458 g/mol. The molecule has 0 aliphatic heterocycles. The van der Waals surface area contributed by atoms with Crippen molar-refractivity contribution in [2.24, 2.45) is 17.8 Å². The van der Waals surface area contributed by atoms with Crippen molar-refractivity contribution in [2.45, 2.75) is 13.1 Å². The summed E-state index contributed by atoms with van der Waals surface area (Å²) in [5, 5.41) is 10.6. The SMILES string of the molecule is CN=C(NCc1cccc(OCC(N)=O)c1)NCc1ccnn1C.I. The predicted molar refractivity (Wildman–Crippen MR) is 107 cm³/mol. The van der Waals surface area contributed by atoms with Gasteiger partial charge in [-0.15, -0.1) is 24.0 Å². The van der Waals surface area contributed by atoms with Crippen LogP contribution in [-0.4, -0.2) is 35.3 Å². The van der Waals surface area contributed by atoms with Crippen LogP contribution in [0.2, 0.25) is 0 Å². The molecule has 0 unspecified atom stereocenters. The van der Waals surface area contributed by atoms with Crippen LogP contribution in [0.1, 0.15) is 11.3 Å². The number of nitrogens with one attached hydrogen (secondary N) is 2. The van der Waals surface area contributed by atoms with Crippen molar-refractivity contribution in [1.82, 2.24) is 20.4 Å². The van der Waals surface area contributed by atoms with Gasteiger partial charge in [0.15, 0.2) is 12.6 Å². The number of nitrogens with two attached hydrogens (primary N) is 1. The fourth-order valence-corrected chi connectivity index (χ4v) is 2.06. The molecule has 25 heavy (non-hydrogen) atoms. The van der Waals surface area contributed by atoms with Gasteiger partial charge < -0.3 is 21.1 Å². The summed E-state index contributed by atoms with van der Waals surface area (Å²) in [5.41, 5.74) is 7.13. The summed E-state index contributed by atoms with van der Waals surface area (Å²) < 4.78 is 7.10. The van der Waals surface area contributed by atoms with E-state index in [1.807, 2.05) is 31.3 Å². The predicted octanol–water partition coefficient (Wildman–Crippen LogP) is 0.767. The van der Waals surface area contributed by atoms with Crippen LogP contribution in [0.4, 0.5) is 0 Å². The zero-order valence-corrected chi connectivity index (χ0v) is 16.6. The normalized spacial score (nSPS) is 10.7. The Morgan fingerprint density at radius 1 is 1.32 bits per heavy atom. The van der Waals surface area contributed by atoms with Gasteiger partial charge in [0.1, 0.15) is 5.75 Å². The molecule has 0 saturated heterocycles. The number of carbonyl (C=O) groups is 1. The van der Waals surface area contributed by atoms with E-state index >= 15 is 0 Å². The zero-order valence-electron chi connectivity index (χ0n) is 14.2. The second-order valence-electron chi connectivity index (χ2n) is 5.13. The van der Waals surface area contributed by atoms with Gasteiger partial charge in [0.25, 0.3) is 5.91 Å². The number of amides is 1. The van der Waals surface area contributed by atoms with Crippen LogP contribution < -0.4 is 21.1 Å². The minimum Gasteiger partial charge on any atom is -0.484 e. The molecule has 0 radical (unpaired) electrons. The summed E-state index contributed by atoms with van der Waals surface area (Å²) in [5.74, 6) is 0.781. The van der Waals surface area contributed by atoms with Crippen molar-refractivity contribution in [3.8, 4) is 5.75 Å². The van der Waals surface area contributed by atoms with Gasteiger partial charge in [-0.25, -0.2) is 0 Å². The van der Waals surface area contributed by atoms with Crippen LogP contribution in [-0.2, 0) is 24.9 Å². The highest BCUT2D eigenvalue weighted by molar-refractivity contribution is 14.0. The number of halogens is 1. The van der Waals surface area contributed by atoms with E-state index in [0.717, 1.165) is 11.3 Å². The Balaban J connectivity index is 0.00000312. The first kappa shape index (κ1) is 20.7. The Hall–Kier alpha value is -2.30. The van der Waals surface area contributed by atoms with Gasteiger partial charge in [-0.1, -0.05) is 12.1 Å². The quantitative estimate of drug-likeness (QED) is 0.323. The minimum absolute atomic E-state index is 0. The number of carbonyl (C=O) groups excluding carboxylic acids is 1. The van der Waals surface area contributed by atoms with Crippen LogP contribution >= 0.6 is 24.0 Å². The van der Waals surface area contributed by atoms with Crippen molar-refractivity contribution in [2.75, 3.05) is 13.7 Å². The molecule has 4 N–H and O–H groups in total. The van der Waals surface area contributed by atoms with E-state index in [2.05, 4.69) is 20.7 Å². The summed E-state index contributed by atoms with van der Waals surface area (Å²) in [4.78, 5) is 14.9. The number of hydrogen-bond donors (Lipinski definition) is 3. The molecule has 0 atom stereocenters. The van der Waals surface area contributed by atoms with E-state index in [-0.39, 0.29) is 30.6 Å². The number of hydrogen-bond acceptors (Lipinski definition) is 4. The van der Waals surface area contributed by atoms with Gasteiger partial charge in [0.2, 0.25) is 0 Å². The molecule has 1 amide bonds. The first-order valence-corrected chi connectivity index (χ1v) is 7.50. The summed E-state index contributed by atoms with van der Waals surface area (Å²) in [6.07, 6.45) is 1.75. The van der Waals surface area contributed by atoms with E-state index in [1.165, 1.54) is 0 Å². The van der Waals surface area contributed by atoms with Crippen LogP contribution in [0.5, 0.6) is 5.75 Å². The maximum absolute atomic E-state index is 10.8. The van der Waals surface area contributed by atoms with Gasteiger partial charge in [0.05, 0.1) is 12.2 Å². The molecule has 2 rings (SSSR count). The molecular weight excluding hydrogens is 435 g/mol. The van der Waals surface area contributed by atoms with Crippen molar-refractivity contribution < 1.29 is 9.53 Å². The fraction of sp³-hybridized carbons (Fsp3) is 0.312. The van der Waals surface area contributed by atoms with Crippen LogP contribution in [0, 0.1) is 0 Å². The van der Waals surface area contributed by atoms with Gasteiger partial charge in [-0.2, -0.15) is 5.10 Å². The Labute approximate surface area is 163 Å². The second kappa shape index (κ2) is 10.5. The first-order chi connectivity index (χ1) is 11.6. The average molecular weight is 458 g/mol. The summed E-state index contributed by atoms with van der Waals surface area (Å²) in [6.45, 7) is 1.06. The number of ether oxygens (including phenoxy) is 1. The van der Waals surface area contributed by atoms with Crippen molar-refractivity contribution in [3.63, 3.8) is 0 Å². The third-order valence-electron chi connectivity index (χ3n) is 3.32. The number of benzene rings is 1. The number of aliphatic imine (C=N–C) groups is 1. The van der Waals surface area contributed by atoms with Crippen LogP contribution in [0.25, 0.3) is 0 Å². The molecule has 0 fully saturated rings. The van der Waals surface area contributed by atoms with Crippen molar-refractivity contribution >= 4 is 35.8 Å². The number of nitrogens with zero attached hydrogens (tertiary/aromatic N) is 3. The van der Waals surface area contributed by atoms with E-state index in [9.17, 15) is 4.79 Å². The molecule has 8 nitrogen and oxygen atoms in total. The lowest BCUT2D eigenvalue weighted by molar-refractivity contribution is -0.119. The Bertz CT molecular complexity index is 716. The average Bonchev–Trinajstić information content (AvgIpc) is 2.98. The lowest BCUT2D eigenvalue weighted by Crippen LogP contribution is -2.36. The Kier molecular flexibility index (Phi) is 8.75. The maximum Gasteiger partial charge on any atom is 0.255 e. The summed E-state index contributed by atoms with van der Waals surface area (Å²) >= 11 is 0. The summed E-state index contributed by atoms with van der Waals surface area (Å²) in [7, 11) is 3.61. The van der Waals surface area contributed by atoms with Crippen molar-refractivity contribution in [3.05, 3.63) is 47.8 Å². The minimum atomic E-state index is -0.502. The Morgan fingerprint density at radius 2 is 2.08 bits per heavy atom. The van der Waals surface area contributed by atoms with Crippen molar-refractivity contribution in [1.29, 1.82) is 0 Å². The highest BCUT2D eigenvalue weighted by atomic mass is 127. The van der Waals surface area contributed by atoms with E-state index in [4.69, 9.17) is 10.5 Å². The highest BCUT2D eigenvalue weighted by Gasteiger charge is 2.03. The molecule has 0 bridgehead atoms. The van der Waals surface area contributed by atoms with E-state index < -0.39 is 5.91 Å². The molecule has 1 aromatic heterocycles. The largest absolute Gasteiger partial charge is 0.484 e. The number of aryl methyl sites for hydroxylation is 1. The number of guanidine groups is 1. The number of primary amides is 1. The molecule has 1 heterocycles. The number of aromatic nitrogens is 2. The first-order valence-electron chi connectivity index (χ1n) is 7.50. The maximum atomic E-state index is 10.8. The zero-order chi connectivity index (χ0) is 17.4. The molecule has 136 valence electrons. The highest BCUT2D eigenvalue weighted by Crippen LogP contribution is 2.13. The van der Waals surface area contributed by atoms with Gasteiger partial charge in [0, 0.05) is 26.8 Å². The van der Waals surface area contributed by atoms with Gasteiger partial charge in [-0.05, 0) is 23.8 Å². The second-order valence-corrected chi connectivity index (χ2v) is 5.13. The number of rotatable bonds is 7. The molecule has 2 aromatic rings. The molecular formula is C16H23IN6O2. The molecule has 0 aliphatic rings. The van der Waals surface area contributed by atoms with Crippen LogP contribution in [0.3, 0.4) is 0 Å². The smallest absolute Gasteiger partial charge is 0.255 e. The fourth-order valence-electron chi connectivity index (χ4n) is 2.06. The third kappa shape index (κ3) is 6.99. The third-order valence-corrected chi connectivity index (χ3v) is 3.32. The Morgan fingerprint density at radius 3 is 2.72 bits per heavy atom. The summed E-state index contributed by atoms with van der Waals surface area (Å²) in [6, 6.07) is 9.39. The molecule has 9 heteroatoms. The lowest BCUT2D eigenvalue weighted by atomic mass is 10.2. The lowest BCUT2D eigenvalue weighted by Gasteiger charge is -2.12. The molecule has 0 spiro atoms. The van der Waals surface area contributed by atoms with Gasteiger partial charge >= 0.3 is 0 Å². The van der Waals surface area contributed by atoms with E-state index in [1.54, 1.807) is 24.0 Å². The molecule has 1 aromatic carbocycles. The van der Waals surface area contributed by atoms with Gasteiger partial charge in [-0.3, -0.25) is 14.5 Å². The molecule has 0 aliphatic carbocycles. The molecule has 0 saturated carbocycles. The van der Waals surface area contributed by atoms with Crippen LogP contribution in [0.15, 0.2) is 41.5 Å². The van der Waals surface area contributed by atoms with E-state index in [0.29, 0.717) is 24.8 Å². The topological polar surface area (TPSA) is 107 Å².